The van der Waals surface area contributed by atoms with Gasteiger partial charge in [0.05, 0.1) is 4.92 Å². The van der Waals surface area contributed by atoms with Crippen LogP contribution in [0.5, 0.6) is 5.75 Å². The van der Waals surface area contributed by atoms with Gasteiger partial charge in [-0.25, -0.2) is 0 Å². The van der Waals surface area contributed by atoms with E-state index in [1.807, 2.05) is 0 Å². The molecule has 0 aliphatic rings. The van der Waals surface area contributed by atoms with Gasteiger partial charge in [-0.3, -0.25) is 14.9 Å². The molecule has 0 bridgehead atoms. The Bertz CT molecular complexity index is 464. The van der Waals surface area contributed by atoms with Crippen LogP contribution in [-0.2, 0) is 0 Å². The van der Waals surface area contributed by atoms with Gasteiger partial charge in [-0.1, -0.05) is 11.6 Å². The maximum atomic E-state index is 11.0. The van der Waals surface area contributed by atoms with Gasteiger partial charge in [-0.05, 0) is 6.07 Å². The van der Waals surface area contributed by atoms with E-state index in [0.717, 1.165) is 6.07 Å². The summed E-state index contributed by atoms with van der Waals surface area (Å²) in [6.07, 6.45) is 0. The summed E-state index contributed by atoms with van der Waals surface area (Å²) in [5.41, 5.74) is 9.79. The number of carbonyl (C=O) groups excluding carboxylic acids is 1. The molecular formula is C9H10ClN3O4. The van der Waals surface area contributed by atoms with Crippen molar-refractivity contribution in [2.75, 3.05) is 13.2 Å². The first-order valence-corrected chi connectivity index (χ1v) is 4.95. The second-order valence-electron chi connectivity index (χ2n) is 3.07. The number of nitrogens with two attached hydrogens (primary N) is 2. The number of benzene rings is 1. The van der Waals surface area contributed by atoms with E-state index in [9.17, 15) is 14.9 Å². The van der Waals surface area contributed by atoms with Crippen molar-refractivity contribution < 1.29 is 14.5 Å². The topological polar surface area (TPSA) is 121 Å². The first-order chi connectivity index (χ1) is 7.97. The van der Waals surface area contributed by atoms with E-state index in [1.54, 1.807) is 0 Å². The predicted octanol–water partition coefficient (Wildman–Crippen LogP) is 0.685. The predicted molar refractivity (Wildman–Crippen MR) is 61.2 cm³/mol. The Morgan fingerprint density at radius 2 is 2.18 bits per heavy atom. The molecule has 0 aromatic heterocycles. The van der Waals surface area contributed by atoms with Gasteiger partial charge in [0.15, 0.2) is 5.02 Å². The van der Waals surface area contributed by atoms with Gasteiger partial charge in [-0.2, -0.15) is 0 Å². The normalized spacial score (nSPS) is 10.0. The minimum Gasteiger partial charge on any atom is -0.490 e. The summed E-state index contributed by atoms with van der Waals surface area (Å²) in [5, 5.41) is 10.5. The van der Waals surface area contributed by atoms with Crippen LogP contribution in [0.1, 0.15) is 10.4 Å². The molecule has 0 radical (unpaired) electrons. The molecule has 0 aliphatic carbocycles. The molecule has 7 nitrogen and oxygen atoms in total. The number of amides is 1. The summed E-state index contributed by atoms with van der Waals surface area (Å²) in [6, 6.07) is 2.24. The van der Waals surface area contributed by atoms with E-state index in [4.69, 9.17) is 27.8 Å². The number of ether oxygens (including phenoxy) is 1. The average Bonchev–Trinajstić information content (AvgIpc) is 2.26. The number of carbonyl (C=O) groups is 1. The average molecular weight is 260 g/mol. The number of rotatable bonds is 5. The second-order valence-corrected chi connectivity index (χ2v) is 3.44. The molecule has 0 fully saturated rings. The molecule has 1 rings (SSSR count). The molecule has 0 spiro atoms. The van der Waals surface area contributed by atoms with E-state index in [1.165, 1.54) is 6.07 Å². The molecule has 0 saturated heterocycles. The van der Waals surface area contributed by atoms with Crippen LogP contribution in [0, 0.1) is 10.1 Å². The Balaban J connectivity index is 3.27. The number of nitrogens with zero attached hydrogens (tertiary/aromatic N) is 1. The van der Waals surface area contributed by atoms with Gasteiger partial charge in [-0.15, -0.1) is 0 Å². The van der Waals surface area contributed by atoms with E-state index >= 15 is 0 Å². The first-order valence-electron chi connectivity index (χ1n) is 4.58. The first kappa shape index (κ1) is 13.2. The summed E-state index contributed by atoms with van der Waals surface area (Å²) >= 11 is 5.76. The van der Waals surface area contributed by atoms with Crippen LogP contribution < -0.4 is 16.2 Å². The van der Waals surface area contributed by atoms with Gasteiger partial charge >= 0.3 is 0 Å². The molecular weight excluding hydrogens is 250 g/mol. The van der Waals surface area contributed by atoms with Crippen molar-refractivity contribution >= 4 is 23.2 Å². The Hall–Kier alpha value is -1.86. The van der Waals surface area contributed by atoms with Crippen LogP contribution in [-0.4, -0.2) is 24.0 Å². The highest BCUT2D eigenvalue weighted by atomic mass is 35.5. The molecule has 1 amide bonds. The lowest BCUT2D eigenvalue weighted by atomic mass is 10.2. The number of halogens is 1. The Morgan fingerprint density at radius 3 is 2.65 bits per heavy atom. The molecule has 92 valence electrons. The zero-order valence-corrected chi connectivity index (χ0v) is 9.44. The summed E-state index contributed by atoms with van der Waals surface area (Å²) in [4.78, 5) is 21.0. The van der Waals surface area contributed by atoms with Crippen molar-refractivity contribution in [2.45, 2.75) is 0 Å². The molecule has 0 aliphatic heterocycles. The lowest BCUT2D eigenvalue weighted by molar-refractivity contribution is -0.384. The van der Waals surface area contributed by atoms with Gasteiger partial charge in [0, 0.05) is 18.2 Å². The van der Waals surface area contributed by atoms with E-state index < -0.39 is 16.5 Å². The van der Waals surface area contributed by atoms with Gasteiger partial charge in [0.1, 0.15) is 12.4 Å². The van der Waals surface area contributed by atoms with Crippen LogP contribution >= 0.6 is 11.6 Å². The molecule has 0 unspecified atom stereocenters. The quantitative estimate of drug-likeness (QED) is 0.595. The number of primary amides is 1. The van der Waals surface area contributed by atoms with E-state index in [0.29, 0.717) is 0 Å². The highest BCUT2D eigenvalue weighted by Gasteiger charge is 2.20. The van der Waals surface area contributed by atoms with E-state index in [-0.39, 0.29) is 29.5 Å². The van der Waals surface area contributed by atoms with Crippen LogP contribution in [0.15, 0.2) is 12.1 Å². The zero-order valence-electron chi connectivity index (χ0n) is 8.68. The minimum atomic E-state index is -0.803. The third-order valence-corrected chi connectivity index (χ3v) is 2.26. The van der Waals surface area contributed by atoms with Crippen molar-refractivity contribution in [3.63, 3.8) is 0 Å². The zero-order chi connectivity index (χ0) is 13.0. The molecule has 4 N–H and O–H groups in total. The van der Waals surface area contributed by atoms with Crippen LogP contribution in [0.2, 0.25) is 5.02 Å². The third-order valence-electron chi connectivity index (χ3n) is 1.88. The Labute approximate surface area is 101 Å². The van der Waals surface area contributed by atoms with Gasteiger partial charge < -0.3 is 16.2 Å². The molecule has 0 saturated carbocycles. The molecule has 0 atom stereocenters. The van der Waals surface area contributed by atoms with Gasteiger partial charge in [0.25, 0.3) is 5.69 Å². The van der Waals surface area contributed by atoms with Crippen LogP contribution in [0.4, 0.5) is 5.69 Å². The highest BCUT2D eigenvalue weighted by Crippen LogP contribution is 2.35. The number of nitro benzene ring substituents is 1. The van der Waals surface area contributed by atoms with Gasteiger partial charge in [0.2, 0.25) is 5.91 Å². The van der Waals surface area contributed by atoms with Crippen molar-refractivity contribution in [3.8, 4) is 5.75 Å². The third kappa shape index (κ3) is 3.05. The SMILES string of the molecule is NCCOc1cc(C(N)=O)cc([N+](=O)[O-])c1Cl. The summed E-state index contributed by atoms with van der Waals surface area (Å²) in [7, 11) is 0. The lowest BCUT2D eigenvalue weighted by Gasteiger charge is -2.08. The van der Waals surface area contributed by atoms with Crippen molar-refractivity contribution in [3.05, 3.63) is 32.8 Å². The molecule has 1 aromatic rings. The maximum Gasteiger partial charge on any atom is 0.292 e. The number of hydrogen-bond donors (Lipinski definition) is 2. The fraction of sp³-hybridized carbons (Fsp3) is 0.222. The van der Waals surface area contributed by atoms with Crippen molar-refractivity contribution in [1.29, 1.82) is 0 Å². The molecule has 17 heavy (non-hydrogen) atoms. The lowest BCUT2D eigenvalue weighted by Crippen LogP contribution is -2.14. The summed E-state index contributed by atoms with van der Waals surface area (Å²) in [6.45, 7) is 0.337. The van der Waals surface area contributed by atoms with Crippen LogP contribution in [0.3, 0.4) is 0 Å². The Kier molecular flexibility index (Phi) is 4.24. The fourth-order valence-electron chi connectivity index (χ4n) is 1.13. The van der Waals surface area contributed by atoms with Crippen molar-refractivity contribution in [2.24, 2.45) is 11.5 Å². The summed E-state index contributed by atoms with van der Waals surface area (Å²) < 4.78 is 5.10. The standard InChI is InChI=1S/C9H10ClN3O4/c10-8-6(13(15)16)3-5(9(12)14)4-7(8)17-2-1-11/h3-4H,1-2,11H2,(H2,12,14). The smallest absolute Gasteiger partial charge is 0.292 e. The minimum absolute atomic E-state index is 0.0140. The molecule has 8 heteroatoms. The largest absolute Gasteiger partial charge is 0.490 e. The fourth-order valence-corrected chi connectivity index (χ4v) is 1.36. The van der Waals surface area contributed by atoms with Crippen molar-refractivity contribution in [1.82, 2.24) is 0 Å². The summed E-state index contributed by atoms with van der Waals surface area (Å²) in [5.74, 6) is -0.789. The highest BCUT2D eigenvalue weighted by molar-refractivity contribution is 6.34. The Morgan fingerprint density at radius 1 is 1.53 bits per heavy atom. The number of hydrogen-bond acceptors (Lipinski definition) is 5. The number of nitro groups is 1. The second kappa shape index (κ2) is 5.46. The maximum absolute atomic E-state index is 11.0. The molecule has 0 heterocycles. The molecule has 1 aromatic carbocycles. The monoisotopic (exact) mass is 259 g/mol. The van der Waals surface area contributed by atoms with E-state index in [2.05, 4.69) is 0 Å². The van der Waals surface area contributed by atoms with Crippen LogP contribution in [0.25, 0.3) is 0 Å².